The van der Waals surface area contributed by atoms with Crippen LogP contribution in [0.15, 0.2) is 28.7 Å². The molecular weight excluding hydrogens is 366 g/mol. The lowest BCUT2D eigenvalue weighted by molar-refractivity contribution is -0.193. The van der Waals surface area contributed by atoms with Crippen LogP contribution in [0.5, 0.6) is 5.75 Å². The van der Waals surface area contributed by atoms with Crippen molar-refractivity contribution in [1.82, 2.24) is 5.06 Å². The third kappa shape index (κ3) is 4.66. The van der Waals surface area contributed by atoms with Crippen LogP contribution in [0.2, 0.25) is 0 Å². The Labute approximate surface area is 142 Å². The van der Waals surface area contributed by atoms with Crippen molar-refractivity contribution in [3.05, 3.63) is 34.3 Å². The number of hydrogen-bond donors (Lipinski definition) is 0. The number of benzene rings is 1. The second-order valence-electron chi connectivity index (χ2n) is 4.86. The molecule has 0 bridgehead atoms. The average Bonchev–Trinajstić information content (AvgIpc) is 2.84. The molecule has 1 saturated heterocycles. The molecule has 1 aliphatic rings. The Morgan fingerprint density at radius 2 is 2.00 bits per heavy atom. The summed E-state index contributed by atoms with van der Waals surface area (Å²) >= 11 is 3.36. The van der Waals surface area contributed by atoms with Crippen molar-refractivity contribution in [3.8, 4) is 5.75 Å². The Balaban J connectivity index is 2.06. The van der Waals surface area contributed by atoms with Gasteiger partial charge in [-0.15, -0.1) is 5.06 Å². The molecule has 1 aromatic rings. The van der Waals surface area contributed by atoms with E-state index >= 15 is 0 Å². The van der Waals surface area contributed by atoms with Gasteiger partial charge in [0.2, 0.25) is 0 Å². The monoisotopic (exact) mass is 381 g/mol. The van der Waals surface area contributed by atoms with Crippen LogP contribution in [0.3, 0.4) is 0 Å². The summed E-state index contributed by atoms with van der Waals surface area (Å²) in [5.41, 5.74) is 0.684. The summed E-state index contributed by atoms with van der Waals surface area (Å²) in [4.78, 5) is 39.3. The van der Waals surface area contributed by atoms with E-state index in [0.717, 1.165) is 17.0 Å². The number of ether oxygens (including phenoxy) is 1. The maximum atomic E-state index is 11.8. The fourth-order valence-electron chi connectivity index (χ4n) is 1.93. The van der Waals surface area contributed by atoms with Crippen LogP contribution in [0.1, 0.15) is 31.7 Å². The Kier molecular flexibility index (Phi) is 5.92. The van der Waals surface area contributed by atoms with Gasteiger partial charge in [-0.2, -0.15) is 0 Å². The highest BCUT2D eigenvalue weighted by molar-refractivity contribution is 9.10. The van der Waals surface area contributed by atoms with E-state index in [1.54, 1.807) is 12.1 Å². The molecule has 1 heterocycles. The van der Waals surface area contributed by atoms with Crippen molar-refractivity contribution in [2.75, 3.05) is 6.61 Å². The smallest absolute Gasteiger partial charge is 0.356 e. The summed E-state index contributed by atoms with van der Waals surface area (Å²) < 4.78 is 6.43. The van der Waals surface area contributed by atoms with Gasteiger partial charge >= 0.3 is 5.97 Å². The first kappa shape index (κ1) is 17.2. The SMILES string of the molecule is CCCOc1ccc(Br)cc1/C=C/C(=O)ON1C(=O)CCC1=O. The largest absolute Gasteiger partial charge is 0.493 e. The minimum atomic E-state index is -0.796. The minimum absolute atomic E-state index is 0.0659. The third-order valence-corrected chi connectivity index (χ3v) is 3.51. The Morgan fingerprint density at radius 3 is 2.65 bits per heavy atom. The molecule has 1 fully saturated rings. The number of imide groups is 1. The predicted octanol–water partition coefficient (Wildman–Crippen LogP) is 2.86. The van der Waals surface area contributed by atoms with Crippen LogP contribution in [-0.4, -0.2) is 29.5 Å². The van der Waals surface area contributed by atoms with Gasteiger partial charge in [0.15, 0.2) is 0 Å². The quantitative estimate of drug-likeness (QED) is 0.559. The van der Waals surface area contributed by atoms with Crippen molar-refractivity contribution in [3.63, 3.8) is 0 Å². The number of hydroxylamine groups is 2. The Hall–Kier alpha value is -2.15. The Bertz CT molecular complexity index is 640. The summed E-state index contributed by atoms with van der Waals surface area (Å²) in [5.74, 6) is -1.18. The molecule has 0 aliphatic carbocycles. The van der Waals surface area contributed by atoms with Gasteiger partial charge in [-0.3, -0.25) is 9.59 Å². The normalized spacial score (nSPS) is 14.6. The van der Waals surface area contributed by atoms with Crippen molar-refractivity contribution in [1.29, 1.82) is 0 Å². The first-order chi connectivity index (χ1) is 11.0. The molecule has 23 heavy (non-hydrogen) atoms. The van der Waals surface area contributed by atoms with E-state index in [2.05, 4.69) is 15.9 Å². The lowest BCUT2D eigenvalue weighted by Crippen LogP contribution is -2.31. The molecule has 1 aliphatic heterocycles. The van der Waals surface area contributed by atoms with E-state index < -0.39 is 17.8 Å². The van der Waals surface area contributed by atoms with Gasteiger partial charge in [0.1, 0.15) is 5.75 Å². The first-order valence-electron chi connectivity index (χ1n) is 7.19. The van der Waals surface area contributed by atoms with Crippen LogP contribution < -0.4 is 4.74 Å². The van der Waals surface area contributed by atoms with Gasteiger partial charge in [-0.05, 0) is 30.7 Å². The maximum Gasteiger partial charge on any atom is 0.356 e. The second kappa shape index (κ2) is 7.92. The van der Waals surface area contributed by atoms with Gasteiger partial charge in [-0.25, -0.2) is 4.79 Å². The van der Waals surface area contributed by atoms with Crippen LogP contribution in [0, 0.1) is 0 Å². The highest BCUT2D eigenvalue weighted by atomic mass is 79.9. The molecule has 0 saturated carbocycles. The summed E-state index contributed by atoms with van der Waals surface area (Å²) in [6.45, 7) is 2.56. The summed E-state index contributed by atoms with van der Waals surface area (Å²) in [7, 11) is 0. The lowest BCUT2D eigenvalue weighted by Gasteiger charge is -2.11. The molecule has 2 amide bonds. The highest BCUT2D eigenvalue weighted by Crippen LogP contribution is 2.25. The van der Waals surface area contributed by atoms with Crippen LogP contribution in [0.25, 0.3) is 6.08 Å². The molecule has 7 heteroatoms. The number of halogens is 1. The molecule has 0 spiro atoms. The summed E-state index contributed by atoms with van der Waals surface area (Å²) in [6, 6.07) is 5.42. The van der Waals surface area contributed by atoms with Crippen LogP contribution in [0.4, 0.5) is 0 Å². The molecule has 1 aromatic carbocycles. The number of carbonyl (C=O) groups is 3. The van der Waals surface area contributed by atoms with E-state index in [1.165, 1.54) is 6.08 Å². The van der Waals surface area contributed by atoms with Crippen molar-refractivity contribution < 1.29 is 24.0 Å². The molecule has 0 atom stereocenters. The number of nitrogens with zero attached hydrogens (tertiary/aromatic N) is 1. The maximum absolute atomic E-state index is 11.8. The zero-order valence-electron chi connectivity index (χ0n) is 12.6. The van der Waals surface area contributed by atoms with Gasteiger partial charge in [0, 0.05) is 29.0 Å². The molecule has 2 rings (SSSR count). The molecular formula is C16H16BrNO5. The van der Waals surface area contributed by atoms with Gasteiger partial charge in [0.05, 0.1) is 6.61 Å². The topological polar surface area (TPSA) is 72.9 Å². The summed E-state index contributed by atoms with van der Waals surface area (Å²) in [6.07, 6.45) is 3.66. The van der Waals surface area contributed by atoms with Crippen LogP contribution >= 0.6 is 15.9 Å². The number of carbonyl (C=O) groups excluding carboxylic acids is 3. The fourth-order valence-corrected chi connectivity index (χ4v) is 2.31. The second-order valence-corrected chi connectivity index (χ2v) is 5.77. The molecule has 6 nitrogen and oxygen atoms in total. The fraction of sp³-hybridized carbons (Fsp3) is 0.312. The minimum Gasteiger partial charge on any atom is -0.493 e. The summed E-state index contributed by atoms with van der Waals surface area (Å²) in [5, 5.41) is 0.516. The van der Waals surface area contributed by atoms with E-state index in [0.29, 0.717) is 23.0 Å². The predicted molar refractivity (Wildman–Crippen MR) is 86.1 cm³/mol. The third-order valence-electron chi connectivity index (χ3n) is 3.02. The van der Waals surface area contributed by atoms with Gasteiger partial charge in [0.25, 0.3) is 11.8 Å². The van der Waals surface area contributed by atoms with E-state index in [4.69, 9.17) is 9.57 Å². The standard InChI is InChI=1S/C16H16BrNO5/c1-2-9-22-13-5-4-12(17)10-11(13)3-8-16(21)23-18-14(19)6-7-15(18)20/h3-5,8,10H,2,6-7,9H2,1H3/b8-3+. The van der Waals surface area contributed by atoms with Crippen molar-refractivity contribution in [2.45, 2.75) is 26.2 Å². The molecule has 0 N–H and O–H groups in total. The zero-order chi connectivity index (χ0) is 16.8. The number of rotatable bonds is 6. The lowest BCUT2D eigenvalue weighted by atomic mass is 10.2. The Morgan fingerprint density at radius 1 is 1.30 bits per heavy atom. The average molecular weight is 382 g/mol. The molecule has 0 aromatic heterocycles. The number of amides is 2. The van der Waals surface area contributed by atoms with E-state index in [9.17, 15) is 14.4 Å². The van der Waals surface area contributed by atoms with Gasteiger partial charge < -0.3 is 9.57 Å². The molecule has 122 valence electrons. The highest BCUT2D eigenvalue weighted by Gasteiger charge is 2.32. The van der Waals surface area contributed by atoms with Crippen molar-refractivity contribution in [2.24, 2.45) is 0 Å². The van der Waals surface area contributed by atoms with Crippen molar-refractivity contribution >= 4 is 39.8 Å². The first-order valence-corrected chi connectivity index (χ1v) is 7.98. The zero-order valence-corrected chi connectivity index (χ0v) is 14.2. The van der Waals surface area contributed by atoms with Gasteiger partial charge in [-0.1, -0.05) is 22.9 Å². The molecule has 0 unspecified atom stereocenters. The van der Waals surface area contributed by atoms with Crippen LogP contribution in [-0.2, 0) is 19.2 Å². The number of hydrogen-bond acceptors (Lipinski definition) is 5. The van der Waals surface area contributed by atoms with E-state index in [1.807, 2.05) is 13.0 Å². The van der Waals surface area contributed by atoms with E-state index in [-0.39, 0.29) is 12.8 Å². The molecule has 0 radical (unpaired) electrons.